The van der Waals surface area contributed by atoms with Crippen molar-refractivity contribution in [3.8, 4) is 0 Å². The van der Waals surface area contributed by atoms with Gasteiger partial charge in [-0.1, -0.05) is 42.5 Å². The molecule has 0 aliphatic carbocycles. The third kappa shape index (κ3) is 3.99. The third-order valence-electron chi connectivity index (χ3n) is 3.42. The molecule has 0 amide bonds. The van der Waals surface area contributed by atoms with E-state index < -0.39 is 0 Å². The zero-order valence-corrected chi connectivity index (χ0v) is 10.6. The van der Waals surface area contributed by atoms with Crippen molar-refractivity contribution in [2.45, 2.75) is 18.9 Å². The van der Waals surface area contributed by atoms with Crippen LogP contribution < -0.4 is 5.32 Å². The van der Waals surface area contributed by atoms with Crippen molar-refractivity contribution in [1.82, 2.24) is 10.2 Å². The third-order valence-corrected chi connectivity index (χ3v) is 3.42. The van der Waals surface area contributed by atoms with Gasteiger partial charge in [0.25, 0.3) is 0 Å². The molecule has 0 saturated carbocycles. The van der Waals surface area contributed by atoms with E-state index in [-0.39, 0.29) is 0 Å². The largest absolute Gasteiger partial charge is 0.312 e. The van der Waals surface area contributed by atoms with Gasteiger partial charge in [-0.3, -0.25) is 0 Å². The molecule has 2 rings (SSSR count). The topological polar surface area (TPSA) is 15.3 Å². The quantitative estimate of drug-likeness (QED) is 0.781. The lowest BCUT2D eigenvalue weighted by Crippen LogP contribution is -2.35. The van der Waals surface area contributed by atoms with E-state index in [4.69, 9.17) is 0 Å². The van der Waals surface area contributed by atoms with Crippen molar-refractivity contribution in [2.75, 3.05) is 26.7 Å². The number of likely N-dealkylation sites (N-methyl/N-ethyl adjacent to an activating group) is 1. The molecule has 92 valence electrons. The summed E-state index contributed by atoms with van der Waals surface area (Å²) in [4.78, 5) is 2.45. The molecule has 0 spiro atoms. The molecule has 1 aromatic carbocycles. The van der Waals surface area contributed by atoms with E-state index in [1.165, 1.54) is 24.9 Å². The normalized spacial score (nSPS) is 21.4. The average molecular weight is 230 g/mol. The van der Waals surface area contributed by atoms with Gasteiger partial charge in [0.05, 0.1) is 0 Å². The second-order valence-corrected chi connectivity index (χ2v) is 4.75. The summed E-state index contributed by atoms with van der Waals surface area (Å²) in [6.07, 6.45) is 7.06. The molecular weight excluding hydrogens is 208 g/mol. The summed E-state index contributed by atoms with van der Waals surface area (Å²) in [5, 5.41) is 3.50. The van der Waals surface area contributed by atoms with Gasteiger partial charge in [-0.05, 0) is 32.0 Å². The summed E-state index contributed by atoms with van der Waals surface area (Å²) in [5.41, 5.74) is 1.27. The Kier molecular flexibility index (Phi) is 4.77. The monoisotopic (exact) mass is 230 g/mol. The van der Waals surface area contributed by atoms with E-state index >= 15 is 0 Å². The van der Waals surface area contributed by atoms with E-state index in [0.717, 1.165) is 19.1 Å². The Bertz CT molecular complexity index is 345. The first kappa shape index (κ1) is 12.3. The van der Waals surface area contributed by atoms with Crippen molar-refractivity contribution >= 4 is 6.08 Å². The molecule has 1 heterocycles. The second kappa shape index (κ2) is 6.58. The summed E-state index contributed by atoms with van der Waals surface area (Å²) < 4.78 is 0. The van der Waals surface area contributed by atoms with Crippen LogP contribution >= 0.6 is 0 Å². The molecule has 0 radical (unpaired) electrons. The van der Waals surface area contributed by atoms with Crippen LogP contribution in [0, 0.1) is 0 Å². The molecule has 2 nitrogen and oxygen atoms in total. The molecule has 1 saturated heterocycles. The molecule has 1 unspecified atom stereocenters. The van der Waals surface area contributed by atoms with Crippen LogP contribution in [0.15, 0.2) is 36.4 Å². The van der Waals surface area contributed by atoms with Gasteiger partial charge in [-0.15, -0.1) is 0 Å². The zero-order chi connectivity index (χ0) is 11.9. The van der Waals surface area contributed by atoms with Gasteiger partial charge in [-0.2, -0.15) is 0 Å². The predicted molar refractivity (Wildman–Crippen MR) is 74.0 cm³/mol. The van der Waals surface area contributed by atoms with Gasteiger partial charge in [0.2, 0.25) is 0 Å². The van der Waals surface area contributed by atoms with Crippen LogP contribution in [0.1, 0.15) is 18.4 Å². The number of hydrogen-bond donors (Lipinski definition) is 1. The Morgan fingerprint density at radius 3 is 2.88 bits per heavy atom. The molecule has 1 aliphatic heterocycles. The van der Waals surface area contributed by atoms with Gasteiger partial charge in [-0.25, -0.2) is 0 Å². The highest BCUT2D eigenvalue weighted by molar-refractivity contribution is 5.48. The summed E-state index contributed by atoms with van der Waals surface area (Å²) in [5.74, 6) is 0. The van der Waals surface area contributed by atoms with Gasteiger partial charge >= 0.3 is 0 Å². The molecule has 0 bridgehead atoms. The first-order valence-electron chi connectivity index (χ1n) is 6.49. The zero-order valence-electron chi connectivity index (χ0n) is 10.6. The Labute approximate surface area is 104 Å². The van der Waals surface area contributed by atoms with Gasteiger partial charge in [0.1, 0.15) is 0 Å². The maximum Gasteiger partial charge on any atom is 0.0218 e. The molecule has 1 fully saturated rings. The highest BCUT2D eigenvalue weighted by atomic mass is 15.2. The first-order valence-corrected chi connectivity index (χ1v) is 6.49. The molecule has 1 N–H and O–H groups in total. The minimum atomic E-state index is 0.736. The Hall–Kier alpha value is -1.12. The molecule has 1 atom stereocenters. The maximum atomic E-state index is 3.50. The van der Waals surface area contributed by atoms with E-state index in [1.807, 2.05) is 6.07 Å². The number of nitrogens with zero attached hydrogens (tertiary/aromatic N) is 1. The number of hydrogen-bond acceptors (Lipinski definition) is 2. The van der Waals surface area contributed by atoms with Crippen molar-refractivity contribution in [3.63, 3.8) is 0 Å². The van der Waals surface area contributed by atoms with Crippen LogP contribution in [-0.4, -0.2) is 37.6 Å². The predicted octanol–water partition coefficient (Wildman–Crippen LogP) is 2.38. The second-order valence-electron chi connectivity index (χ2n) is 4.75. The molecule has 2 heteroatoms. The summed E-state index contributed by atoms with van der Waals surface area (Å²) in [6.45, 7) is 3.32. The van der Waals surface area contributed by atoms with E-state index in [2.05, 4.69) is 53.7 Å². The summed E-state index contributed by atoms with van der Waals surface area (Å²) in [6, 6.07) is 11.2. The number of likely N-dealkylation sites (tertiary alicyclic amines) is 1. The maximum absolute atomic E-state index is 3.50. The Balaban J connectivity index is 1.65. The van der Waals surface area contributed by atoms with Gasteiger partial charge in [0, 0.05) is 19.1 Å². The fraction of sp³-hybridized carbons (Fsp3) is 0.467. The molecule has 1 aliphatic rings. The Morgan fingerprint density at radius 1 is 1.35 bits per heavy atom. The fourth-order valence-electron chi connectivity index (χ4n) is 2.33. The van der Waals surface area contributed by atoms with Crippen LogP contribution in [0.25, 0.3) is 6.08 Å². The highest BCUT2D eigenvalue weighted by Crippen LogP contribution is 2.13. The van der Waals surface area contributed by atoms with Gasteiger partial charge in [0.15, 0.2) is 0 Å². The van der Waals surface area contributed by atoms with Crippen LogP contribution in [0.2, 0.25) is 0 Å². The lowest BCUT2D eigenvalue weighted by Gasteiger charge is -2.19. The van der Waals surface area contributed by atoms with E-state index in [0.29, 0.717) is 0 Å². The van der Waals surface area contributed by atoms with Crippen LogP contribution in [0.5, 0.6) is 0 Å². The number of nitrogens with one attached hydrogen (secondary N) is 1. The molecule has 1 aromatic rings. The van der Waals surface area contributed by atoms with E-state index in [1.54, 1.807) is 0 Å². The van der Waals surface area contributed by atoms with E-state index in [9.17, 15) is 0 Å². The molecular formula is C15H22N2. The standard InChI is InChI=1S/C15H22N2/c1-17-12-6-10-15(17)13-16-11-5-9-14-7-3-2-4-8-14/h2-5,7-9,15-16H,6,10-13H2,1H3/b9-5+. The molecule has 0 aromatic heterocycles. The SMILES string of the molecule is CN1CCCC1CNC/C=C/c1ccccc1. The van der Waals surface area contributed by atoms with Crippen LogP contribution in [0.3, 0.4) is 0 Å². The van der Waals surface area contributed by atoms with Crippen molar-refractivity contribution in [1.29, 1.82) is 0 Å². The summed E-state index contributed by atoms with van der Waals surface area (Å²) in [7, 11) is 2.22. The summed E-state index contributed by atoms with van der Waals surface area (Å²) >= 11 is 0. The molecule has 17 heavy (non-hydrogen) atoms. The number of rotatable bonds is 5. The van der Waals surface area contributed by atoms with Gasteiger partial charge < -0.3 is 10.2 Å². The lowest BCUT2D eigenvalue weighted by atomic mass is 10.2. The average Bonchev–Trinajstić information content (AvgIpc) is 2.76. The Morgan fingerprint density at radius 2 is 2.18 bits per heavy atom. The lowest BCUT2D eigenvalue weighted by molar-refractivity contribution is 0.303. The van der Waals surface area contributed by atoms with Crippen LogP contribution in [-0.2, 0) is 0 Å². The highest BCUT2D eigenvalue weighted by Gasteiger charge is 2.19. The van der Waals surface area contributed by atoms with Crippen molar-refractivity contribution < 1.29 is 0 Å². The van der Waals surface area contributed by atoms with Crippen molar-refractivity contribution in [3.05, 3.63) is 42.0 Å². The fourth-order valence-corrected chi connectivity index (χ4v) is 2.33. The minimum absolute atomic E-state index is 0.736. The van der Waals surface area contributed by atoms with Crippen molar-refractivity contribution in [2.24, 2.45) is 0 Å². The smallest absolute Gasteiger partial charge is 0.0218 e. The van der Waals surface area contributed by atoms with Crippen LogP contribution in [0.4, 0.5) is 0 Å². The first-order chi connectivity index (χ1) is 8.36. The number of benzene rings is 1. The minimum Gasteiger partial charge on any atom is -0.312 e.